The Balaban J connectivity index is 1.91. The molecule has 0 fully saturated rings. The van der Waals surface area contributed by atoms with Crippen LogP contribution in [0.1, 0.15) is 0 Å². The fourth-order valence-electron chi connectivity index (χ4n) is 1.95. The second-order valence-electron chi connectivity index (χ2n) is 4.89. The average Bonchev–Trinajstić information content (AvgIpc) is 3.07. The maximum absolute atomic E-state index is 12.2. The van der Waals surface area contributed by atoms with Crippen molar-refractivity contribution in [2.75, 3.05) is 31.3 Å². The second-order valence-corrected chi connectivity index (χ2v) is 7.09. The van der Waals surface area contributed by atoms with E-state index in [1.165, 1.54) is 23.1 Å². The molecule has 6 nitrogen and oxygen atoms in total. The topological polar surface area (TPSA) is 67.4 Å². The van der Waals surface area contributed by atoms with E-state index in [1.807, 2.05) is 24.3 Å². The number of methoxy groups -OCH3 is 1. The Morgan fingerprint density at radius 3 is 2.80 bits per heavy atom. The minimum absolute atomic E-state index is 0.0160. The number of aromatic nitrogens is 2. The van der Waals surface area contributed by atoms with Gasteiger partial charge in [-0.3, -0.25) is 4.79 Å². The van der Waals surface area contributed by atoms with E-state index in [0.29, 0.717) is 24.0 Å². The monoisotopic (exact) mass is 376 g/mol. The third-order valence-corrected chi connectivity index (χ3v) is 5.06. The number of hydrogen-bond donors (Lipinski definition) is 1. The molecule has 0 aliphatic heterocycles. The van der Waals surface area contributed by atoms with Crippen LogP contribution in [0, 0.1) is 0 Å². The molecule has 1 N–H and O–H groups in total. The number of thioether (sulfide) groups is 1. The van der Waals surface area contributed by atoms with Crippen molar-refractivity contribution in [3.05, 3.63) is 49.6 Å². The van der Waals surface area contributed by atoms with Crippen LogP contribution >= 0.6 is 23.1 Å². The van der Waals surface area contributed by atoms with Gasteiger partial charge in [0.05, 0.1) is 12.9 Å². The van der Waals surface area contributed by atoms with Crippen molar-refractivity contribution in [1.82, 2.24) is 15.1 Å². The number of carbonyl (C=O) groups excluding carboxylic acids is 1. The Kier molecular flexibility index (Phi) is 7.49. The molecule has 0 aliphatic rings. The maximum atomic E-state index is 12.2. The van der Waals surface area contributed by atoms with E-state index in [4.69, 9.17) is 4.74 Å². The van der Waals surface area contributed by atoms with Crippen molar-refractivity contribution >= 4 is 39.8 Å². The van der Waals surface area contributed by atoms with Crippen LogP contribution in [0.5, 0.6) is 5.75 Å². The Labute approximate surface area is 155 Å². The maximum Gasteiger partial charge on any atom is 0.233 e. The largest absolute Gasteiger partial charge is 0.497 e. The van der Waals surface area contributed by atoms with Crippen LogP contribution in [0.3, 0.4) is 0 Å². The van der Waals surface area contributed by atoms with Crippen molar-refractivity contribution in [3.8, 4) is 5.75 Å². The molecular formula is C17H20N4O2S2. The van der Waals surface area contributed by atoms with Gasteiger partial charge in [-0.05, 0) is 12.1 Å². The average molecular weight is 377 g/mol. The minimum atomic E-state index is 0.0160. The van der Waals surface area contributed by atoms with Crippen molar-refractivity contribution in [3.63, 3.8) is 0 Å². The van der Waals surface area contributed by atoms with Gasteiger partial charge in [0.25, 0.3) is 0 Å². The molecule has 1 aromatic carbocycles. The quantitative estimate of drug-likeness (QED) is 0.505. The lowest BCUT2D eigenvalue weighted by atomic mass is 10.3. The smallest absolute Gasteiger partial charge is 0.233 e. The lowest BCUT2D eigenvalue weighted by molar-refractivity contribution is -0.127. The second kappa shape index (κ2) is 9.85. The molecule has 0 atom stereocenters. The molecule has 0 spiro atoms. The van der Waals surface area contributed by atoms with Crippen molar-refractivity contribution in [1.29, 1.82) is 0 Å². The summed E-state index contributed by atoms with van der Waals surface area (Å²) in [6.45, 7) is 8.34. The third-order valence-electron chi connectivity index (χ3n) is 3.10. The van der Waals surface area contributed by atoms with Crippen LogP contribution in [0.4, 0.5) is 10.8 Å². The highest BCUT2D eigenvalue weighted by atomic mass is 32.2. The predicted octanol–water partition coefficient (Wildman–Crippen LogP) is 3.58. The Morgan fingerprint density at radius 2 is 2.12 bits per heavy atom. The predicted molar refractivity (Wildman–Crippen MR) is 104 cm³/mol. The molecule has 1 aromatic heterocycles. The molecule has 0 unspecified atom stereocenters. The molecular weight excluding hydrogens is 356 g/mol. The highest BCUT2D eigenvalue weighted by Crippen LogP contribution is 2.28. The summed E-state index contributed by atoms with van der Waals surface area (Å²) >= 11 is 2.77. The van der Waals surface area contributed by atoms with Gasteiger partial charge in [0.2, 0.25) is 11.0 Å². The molecule has 0 radical (unpaired) electrons. The van der Waals surface area contributed by atoms with Crippen LogP contribution in [0.25, 0.3) is 0 Å². The molecule has 1 amide bonds. The van der Waals surface area contributed by atoms with Gasteiger partial charge < -0.3 is 15.0 Å². The normalized spacial score (nSPS) is 10.1. The van der Waals surface area contributed by atoms with E-state index in [-0.39, 0.29) is 5.91 Å². The zero-order valence-electron chi connectivity index (χ0n) is 14.0. The van der Waals surface area contributed by atoms with Crippen LogP contribution in [0.15, 0.2) is 53.9 Å². The summed E-state index contributed by atoms with van der Waals surface area (Å²) in [4.78, 5) is 13.9. The van der Waals surface area contributed by atoms with Gasteiger partial charge in [0.1, 0.15) is 5.75 Å². The third kappa shape index (κ3) is 5.91. The van der Waals surface area contributed by atoms with Crippen molar-refractivity contribution < 1.29 is 9.53 Å². The van der Waals surface area contributed by atoms with Crippen molar-refractivity contribution in [2.24, 2.45) is 0 Å². The number of anilines is 2. The molecule has 1 heterocycles. The highest BCUT2D eigenvalue weighted by molar-refractivity contribution is 8.01. The lowest BCUT2D eigenvalue weighted by Crippen LogP contribution is -2.32. The number of rotatable bonds is 10. The SMILES string of the molecule is C=CCN(CC=C)C(=O)CSc1nnc(Nc2cccc(OC)c2)s1. The van der Waals surface area contributed by atoms with Crippen molar-refractivity contribution in [2.45, 2.75) is 4.34 Å². The van der Waals surface area contributed by atoms with E-state index in [9.17, 15) is 4.79 Å². The van der Waals surface area contributed by atoms with E-state index in [0.717, 1.165) is 15.8 Å². The van der Waals surface area contributed by atoms with Gasteiger partial charge in [0, 0.05) is 24.8 Å². The van der Waals surface area contributed by atoms with Gasteiger partial charge in [-0.15, -0.1) is 23.4 Å². The van der Waals surface area contributed by atoms with E-state index in [2.05, 4.69) is 28.7 Å². The van der Waals surface area contributed by atoms with Gasteiger partial charge in [0.15, 0.2) is 4.34 Å². The van der Waals surface area contributed by atoms with Crippen LogP contribution in [0.2, 0.25) is 0 Å². The molecule has 2 rings (SSSR count). The lowest BCUT2D eigenvalue weighted by Gasteiger charge is -2.18. The zero-order chi connectivity index (χ0) is 18.1. The van der Waals surface area contributed by atoms with Gasteiger partial charge in [-0.25, -0.2) is 0 Å². The first-order valence-electron chi connectivity index (χ1n) is 7.53. The number of amides is 1. The van der Waals surface area contributed by atoms with Crippen LogP contribution < -0.4 is 10.1 Å². The fourth-order valence-corrected chi connectivity index (χ4v) is 3.62. The summed E-state index contributed by atoms with van der Waals surface area (Å²) in [6.07, 6.45) is 3.40. The standard InChI is InChI=1S/C17H20N4O2S2/c1-4-9-21(10-5-2)15(22)12-24-17-20-19-16(25-17)18-13-7-6-8-14(11-13)23-3/h4-8,11H,1-2,9-10,12H2,3H3,(H,18,19). The molecule has 0 aliphatic carbocycles. The minimum Gasteiger partial charge on any atom is -0.497 e. The molecule has 25 heavy (non-hydrogen) atoms. The Bertz CT molecular complexity index is 723. The summed E-state index contributed by atoms with van der Waals surface area (Å²) in [5, 5.41) is 12.0. The Morgan fingerprint density at radius 1 is 1.36 bits per heavy atom. The molecule has 8 heteroatoms. The Hall–Kier alpha value is -2.32. The summed E-state index contributed by atoms with van der Waals surface area (Å²) in [7, 11) is 1.62. The number of nitrogens with zero attached hydrogens (tertiary/aromatic N) is 3. The first-order chi connectivity index (χ1) is 12.2. The molecule has 2 aromatic rings. The number of carbonyl (C=O) groups is 1. The first kappa shape index (κ1) is 19.0. The summed E-state index contributed by atoms with van der Waals surface area (Å²) < 4.78 is 5.92. The fraction of sp³-hybridized carbons (Fsp3) is 0.235. The summed E-state index contributed by atoms with van der Waals surface area (Å²) in [6, 6.07) is 7.56. The van der Waals surface area contributed by atoms with Crippen LogP contribution in [-0.2, 0) is 4.79 Å². The summed E-state index contributed by atoms with van der Waals surface area (Å²) in [5.41, 5.74) is 0.867. The van der Waals surface area contributed by atoms with Gasteiger partial charge in [-0.2, -0.15) is 0 Å². The number of benzene rings is 1. The molecule has 0 bridgehead atoms. The highest BCUT2D eigenvalue weighted by Gasteiger charge is 2.13. The van der Waals surface area contributed by atoms with E-state index < -0.39 is 0 Å². The van der Waals surface area contributed by atoms with Gasteiger partial charge in [-0.1, -0.05) is 41.3 Å². The summed E-state index contributed by atoms with van der Waals surface area (Å²) in [5.74, 6) is 1.08. The van der Waals surface area contributed by atoms with E-state index >= 15 is 0 Å². The molecule has 0 saturated carbocycles. The first-order valence-corrected chi connectivity index (χ1v) is 9.33. The van der Waals surface area contributed by atoms with E-state index in [1.54, 1.807) is 24.2 Å². The van der Waals surface area contributed by atoms with Gasteiger partial charge >= 0.3 is 0 Å². The zero-order valence-corrected chi connectivity index (χ0v) is 15.6. The molecule has 0 saturated heterocycles. The van der Waals surface area contributed by atoms with Crippen LogP contribution in [-0.4, -0.2) is 47.0 Å². The number of ether oxygens (including phenoxy) is 1. The number of hydrogen-bond acceptors (Lipinski definition) is 7. The molecule has 132 valence electrons. The number of nitrogens with one attached hydrogen (secondary N) is 1.